The summed E-state index contributed by atoms with van der Waals surface area (Å²) in [5.74, 6) is -0.159. The molecule has 1 aromatic carbocycles. The normalized spacial score (nSPS) is 11.5. The van der Waals surface area contributed by atoms with Crippen LogP contribution >= 0.6 is 0 Å². The van der Waals surface area contributed by atoms with Gasteiger partial charge in [-0.1, -0.05) is 17.2 Å². The summed E-state index contributed by atoms with van der Waals surface area (Å²) in [6.07, 6.45) is 6.07. The Morgan fingerprint density at radius 2 is 1.96 bits per heavy atom. The molecule has 0 amide bonds. The minimum absolute atomic E-state index is 0.0385. The maximum Gasteiger partial charge on any atom is 0.294 e. The number of H-pyrrole nitrogens is 1. The van der Waals surface area contributed by atoms with Gasteiger partial charge in [0.25, 0.3) is 5.56 Å². The van der Waals surface area contributed by atoms with Gasteiger partial charge in [0.15, 0.2) is 5.75 Å². The zero-order chi connectivity index (χ0) is 19.3. The second-order valence-electron chi connectivity index (χ2n) is 6.94. The molecular formula is C21H28N2O3. The van der Waals surface area contributed by atoms with Crippen molar-refractivity contribution in [1.82, 2.24) is 4.98 Å². The van der Waals surface area contributed by atoms with Crippen molar-refractivity contribution in [3.8, 4) is 11.5 Å². The molecule has 140 valence electrons. The lowest BCUT2D eigenvalue weighted by Gasteiger charge is -2.14. The van der Waals surface area contributed by atoms with Gasteiger partial charge in [0.05, 0.1) is 5.52 Å². The van der Waals surface area contributed by atoms with E-state index in [0.717, 1.165) is 18.5 Å². The molecule has 0 saturated heterocycles. The fourth-order valence-corrected chi connectivity index (χ4v) is 2.62. The Morgan fingerprint density at radius 3 is 2.62 bits per heavy atom. The van der Waals surface area contributed by atoms with E-state index in [-0.39, 0.29) is 18.1 Å². The van der Waals surface area contributed by atoms with Crippen LogP contribution in [0.1, 0.15) is 33.6 Å². The summed E-state index contributed by atoms with van der Waals surface area (Å²) < 4.78 is 5.56. The molecule has 5 heteroatoms. The summed E-state index contributed by atoms with van der Waals surface area (Å²) in [7, 11) is 3.84. The molecule has 0 aliphatic rings. The lowest BCUT2D eigenvalue weighted by Crippen LogP contribution is -2.13. The van der Waals surface area contributed by atoms with Crippen LogP contribution < -0.4 is 15.2 Å². The molecule has 26 heavy (non-hydrogen) atoms. The minimum Gasteiger partial charge on any atom is -0.504 e. The number of hydrogen-bond acceptors (Lipinski definition) is 4. The van der Waals surface area contributed by atoms with E-state index in [1.165, 1.54) is 11.1 Å². The Hall–Kier alpha value is -2.69. The second-order valence-corrected chi connectivity index (χ2v) is 6.94. The number of allylic oxidation sites excluding steroid dienone is 3. The number of benzene rings is 1. The highest BCUT2D eigenvalue weighted by atomic mass is 16.5. The van der Waals surface area contributed by atoms with Crippen LogP contribution in [0.2, 0.25) is 0 Å². The zero-order valence-corrected chi connectivity index (χ0v) is 16.2. The van der Waals surface area contributed by atoms with E-state index >= 15 is 0 Å². The van der Waals surface area contributed by atoms with Crippen LogP contribution in [-0.2, 0) is 0 Å². The number of aromatic nitrogens is 1. The lowest BCUT2D eigenvalue weighted by atomic mass is 10.1. The molecular weight excluding hydrogens is 328 g/mol. The van der Waals surface area contributed by atoms with Gasteiger partial charge in [0, 0.05) is 25.2 Å². The molecule has 0 atom stereocenters. The van der Waals surface area contributed by atoms with E-state index in [0.29, 0.717) is 10.9 Å². The monoisotopic (exact) mass is 356 g/mol. The molecule has 0 bridgehead atoms. The first-order valence-electron chi connectivity index (χ1n) is 8.77. The summed E-state index contributed by atoms with van der Waals surface area (Å²) in [5.41, 5.74) is 3.59. The maximum atomic E-state index is 12.3. The summed E-state index contributed by atoms with van der Waals surface area (Å²) in [4.78, 5) is 17.0. The van der Waals surface area contributed by atoms with Crippen molar-refractivity contribution in [2.75, 3.05) is 25.6 Å². The molecule has 2 rings (SSSR count). The fourth-order valence-electron chi connectivity index (χ4n) is 2.62. The van der Waals surface area contributed by atoms with Gasteiger partial charge < -0.3 is 19.7 Å². The van der Waals surface area contributed by atoms with Crippen molar-refractivity contribution in [3.05, 3.63) is 51.9 Å². The Kier molecular flexibility index (Phi) is 6.50. The molecule has 1 heterocycles. The highest BCUT2D eigenvalue weighted by molar-refractivity contribution is 5.89. The molecule has 2 aromatic rings. The number of ether oxygens (including phenoxy) is 1. The highest BCUT2D eigenvalue weighted by Gasteiger charge is 2.13. The fraction of sp³-hybridized carbons (Fsp3) is 0.381. The van der Waals surface area contributed by atoms with Crippen LogP contribution in [0.4, 0.5) is 5.69 Å². The van der Waals surface area contributed by atoms with Crippen LogP contribution in [0.15, 0.2) is 46.3 Å². The third-order valence-electron chi connectivity index (χ3n) is 4.19. The predicted octanol–water partition coefficient (Wildman–Crippen LogP) is 4.37. The largest absolute Gasteiger partial charge is 0.504 e. The maximum absolute atomic E-state index is 12.3. The number of aromatic amines is 1. The first kappa shape index (κ1) is 19.6. The third-order valence-corrected chi connectivity index (χ3v) is 4.19. The van der Waals surface area contributed by atoms with Crippen LogP contribution in [0.5, 0.6) is 11.5 Å². The summed E-state index contributed by atoms with van der Waals surface area (Å²) >= 11 is 0. The summed E-state index contributed by atoms with van der Waals surface area (Å²) in [6.45, 7) is 6.45. The Morgan fingerprint density at radius 1 is 1.23 bits per heavy atom. The van der Waals surface area contributed by atoms with E-state index in [1.807, 2.05) is 44.1 Å². The number of pyridine rings is 1. The van der Waals surface area contributed by atoms with E-state index in [1.54, 1.807) is 6.07 Å². The molecule has 5 nitrogen and oxygen atoms in total. The molecule has 1 aromatic heterocycles. The second kappa shape index (κ2) is 8.61. The first-order valence-corrected chi connectivity index (χ1v) is 8.77. The molecule has 0 radical (unpaired) electrons. The topological polar surface area (TPSA) is 65.6 Å². The smallest absolute Gasteiger partial charge is 0.294 e. The van der Waals surface area contributed by atoms with Gasteiger partial charge in [0.1, 0.15) is 6.61 Å². The molecule has 0 aliphatic carbocycles. The molecule has 0 saturated carbocycles. The summed E-state index contributed by atoms with van der Waals surface area (Å²) in [6, 6.07) is 5.49. The van der Waals surface area contributed by atoms with Crippen molar-refractivity contribution in [2.45, 2.75) is 33.6 Å². The quantitative estimate of drug-likeness (QED) is 0.723. The average molecular weight is 356 g/mol. The number of anilines is 1. The van der Waals surface area contributed by atoms with E-state index in [2.05, 4.69) is 24.9 Å². The number of rotatable bonds is 7. The van der Waals surface area contributed by atoms with Crippen molar-refractivity contribution >= 4 is 16.6 Å². The Bertz CT molecular complexity index is 888. The van der Waals surface area contributed by atoms with E-state index in [9.17, 15) is 9.90 Å². The summed E-state index contributed by atoms with van der Waals surface area (Å²) in [5, 5.41) is 11.0. The van der Waals surface area contributed by atoms with Gasteiger partial charge in [0.2, 0.25) is 5.75 Å². The molecule has 2 N–H and O–H groups in total. The Labute approximate surface area is 154 Å². The molecule has 0 fully saturated rings. The van der Waals surface area contributed by atoms with Gasteiger partial charge in [-0.05, 0) is 57.9 Å². The van der Waals surface area contributed by atoms with Crippen LogP contribution in [0, 0.1) is 0 Å². The van der Waals surface area contributed by atoms with Gasteiger partial charge in [-0.15, -0.1) is 0 Å². The minimum atomic E-state index is -0.429. The average Bonchev–Trinajstić information content (AvgIpc) is 2.56. The van der Waals surface area contributed by atoms with Gasteiger partial charge in [-0.25, -0.2) is 0 Å². The van der Waals surface area contributed by atoms with Crippen LogP contribution in [-0.4, -0.2) is 30.8 Å². The molecule has 0 aliphatic heterocycles. The lowest BCUT2D eigenvalue weighted by molar-refractivity contribution is 0.332. The van der Waals surface area contributed by atoms with Crippen molar-refractivity contribution in [2.24, 2.45) is 0 Å². The number of hydrogen-bond donors (Lipinski definition) is 2. The number of aromatic hydroxyl groups is 1. The SMILES string of the molecule is CC(C)=CCCC(C)=CCOc1c(O)c2ccc(N(C)C)cc2[nH]c1=O. The number of nitrogens with zero attached hydrogens (tertiary/aromatic N) is 1. The molecule has 0 spiro atoms. The van der Waals surface area contributed by atoms with Crippen LogP contribution in [0.3, 0.4) is 0 Å². The first-order chi connectivity index (χ1) is 12.3. The predicted molar refractivity (Wildman–Crippen MR) is 108 cm³/mol. The van der Waals surface area contributed by atoms with Crippen LogP contribution in [0.25, 0.3) is 10.9 Å². The number of fused-ring (bicyclic) bond motifs is 1. The van der Waals surface area contributed by atoms with Crippen molar-refractivity contribution in [1.29, 1.82) is 0 Å². The highest BCUT2D eigenvalue weighted by Crippen LogP contribution is 2.31. The Balaban J connectivity index is 2.16. The van der Waals surface area contributed by atoms with Gasteiger partial charge in [-0.2, -0.15) is 0 Å². The molecule has 0 unspecified atom stereocenters. The van der Waals surface area contributed by atoms with Crippen molar-refractivity contribution in [3.63, 3.8) is 0 Å². The standard InChI is InChI=1S/C21H28N2O3/c1-14(2)7-6-8-15(3)11-12-26-20-19(24)17-10-9-16(23(4)5)13-18(17)22-21(20)25/h7,9-11,13H,6,8,12H2,1-5H3,(H2,22,24,25). The zero-order valence-electron chi connectivity index (χ0n) is 16.2. The van der Waals surface area contributed by atoms with E-state index in [4.69, 9.17) is 4.74 Å². The van der Waals surface area contributed by atoms with Crippen molar-refractivity contribution < 1.29 is 9.84 Å². The van der Waals surface area contributed by atoms with Gasteiger partial charge in [-0.3, -0.25) is 4.79 Å². The van der Waals surface area contributed by atoms with E-state index < -0.39 is 5.56 Å². The number of nitrogens with one attached hydrogen (secondary N) is 1. The third kappa shape index (κ3) is 4.91. The van der Waals surface area contributed by atoms with Gasteiger partial charge >= 0.3 is 0 Å².